The highest BCUT2D eigenvalue weighted by Gasteiger charge is 2.17. The molecule has 1 fully saturated rings. The van der Waals surface area contributed by atoms with Gasteiger partial charge in [0.05, 0.1) is 6.42 Å². The summed E-state index contributed by atoms with van der Waals surface area (Å²) in [6, 6.07) is 7.39. The van der Waals surface area contributed by atoms with E-state index in [9.17, 15) is 9.59 Å². The first-order valence-electron chi connectivity index (χ1n) is 10.9. The second kappa shape index (κ2) is 12.1. The topological polar surface area (TPSA) is 70.6 Å². The van der Waals surface area contributed by atoms with Crippen LogP contribution in [0.3, 0.4) is 0 Å². The molecule has 5 heteroatoms. The summed E-state index contributed by atoms with van der Waals surface area (Å²) in [5.74, 6) is 0.263. The van der Waals surface area contributed by atoms with Crippen LogP contribution in [-0.4, -0.2) is 24.6 Å². The van der Waals surface area contributed by atoms with E-state index in [0.29, 0.717) is 11.6 Å². The molecule has 2 rings (SSSR count). The maximum Gasteiger partial charge on any atom is 0.228 e. The van der Waals surface area contributed by atoms with Gasteiger partial charge in [0.2, 0.25) is 11.8 Å². The van der Waals surface area contributed by atoms with Crippen LogP contribution in [0.4, 0.5) is 5.69 Å². The third-order valence-electron chi connectivity index (χ3n) is 5.65. The number of nitrogens with zero attached hydrogens (tertiary/aromatic N) is 1. The fourth-order valence-electron chi connectivity index (χ4n) is 3.79. The van der Waals surface area contributed by atoms with Crippen LogP contribution in [-0.2, 0) is 16.0 Å². The van der Waals surface area contributed by atoms with Crippen LogP contribution in [0.15, 0.2) is 52.7 Å². The highest BCUT2D eigenvalue weighted by Crippen LogP contribution is 2.25. The molecule has 0 spiro atoms. The van der Waals surface area contributed by atoms with Crippen LogP contribution in [0.2, 0.25) is 0 Å². The van der Waals surface area contributed by atoms with Gasteiger partial charge in [-0.3, -0.25) is 14.6 Å². The number of amides is 2. The van der Waals surface area contributed by atoms with E-state index in [1.165, 1.54) is 39.0 Å². The van der Waals surface area contributed by atoms with Crippen molar-refractivity contribution in [3.63, 3.8) is 0 Å². The van der Waals surface area contributed by atoms with Gasteiger partial charge in [-0.15, -0.1) is 0 Å². The van der Waals surface area contributed by atoms with Crippen molar-refractivity contribution in [2.45, 2.75) is 65.7 Å². The van der Waals surface area contributed by atoms with E-state index in [2.05, 4.69) is 28.6 Å². The van der Waals surface area contributed by atoms with E-state index in [4.69, 9.17) is 0 Å². The van der Waals surface area contributed by atoms with Crippen LogP contribution in [0.5, 0.6) is 0 Å². The average Bonchev–Trinajstić information content (AvgIpc) is 2.74. The van der Waals surface area contributed by atoms with Gasteiger partial charge in [0.1, 0.15) is 0 Å². The monoisotopic (exact) mass is 409 g/mol. The molecule has 0 saturated heterocycles. The SMILES string of the molecule is CC/C(C)=C(/C=C\C(=NC)C1CCCCC1)NC(=O)Cc1ccccc1NC(C)=O. The number of allylic oxidation sites excluding steroid dienone is 3. The molecular weight excluding hydrogens is 374 g/mol. The van der Waals surface area contributed by atoms with Crippen molar-refractivity contribution in [2.24, 2.45) is 10.9 Å². The number of anilines is 1. The van der Waals surface area contributed by atoms with Gasteiger partial charge >= 0.3 is 0 Å². The van der Waals surface area contributed by atoms with Gasteiger partial charge < -0.3 is 10.6 Å². The molecule has 30 heavy (non-hydrogen) atoms. The van der Waals surface area contributed by atoms with Crippen LogP contribution in [0.1, 0.15) is 64.9 Å². The van der Waals surface area contributed by atoms with Crippen molar-refractivity contribution in [1.82, 2.24) is 5.32 Å². The molecule has 1 aromatic rings. The average molecular weight is 410 g/mol. The number of benzene rings is 1. The third kappa shape index (κ3) is 7.29. The molecule has 0 atom stereocenters. The molecule has 1 saturated carbocycles. The zero-order chi connectivity index (χ0) is 21.9. The first-order valence-corrected chi connectivity index (χ1v) is 10.9. The second-order valence-corrected chi connectivity index (χ2v) is 7.93. The smallest absolute Gasteiger partial charge is 0.228 e. The minimum Gasteiger partial charge on any atom is -0.326 e. The molecule has 0 heterocycles. The molecule has 0 aliphatic heterocycles. The number of rotatable bonds is 8. The van der Waals surface area contributed by atoms with E-state index in [1.807, 2.05) is 44.3 Å². The standard InChI is InChI=1S/C25H35N3O2/c1-5-18(2)22(15-16-23(26-4)20-11-7-6-8-12-20)28-25(30)17-21-13-9-10-14-24(21)27-19(3)29/h9-10,13-16,20H,5-8,11-12,17H2,1-4H3,(H,27,29)(H,28,30)/b16-15-,22-18-,26-23?. The lowest BCUT2D eigenvalue weighted by Crippen LogP contribution is -2.25. The van der Waals surface area contributed by atoms with Crippen molar-refractivity contribution in [3.8, 4) is 0 Å². The van der Waals surface area contributed by atoms with E-state index in [0.717, 1.165) is 29.0 Å². The predicted molar refractivity (Wildman–Crippen MR) is 125 cm³/mol. The largest absolute Gasteiger partial charge is 0.326 e. The lowest BCUT2D eigenvalue weighted by atomic mass is 9.85. The zero-order valence-corrected chi connectivity index (χ0v) is 18.8. The Balaban J connectivity index is 2.12. The molecule has 0 bridgehead atoms. The molecule has 0 radical (unpaired) electrons. The quantitative estimate of drug-likeness (QED) is 0.458. The lowest BCUT2D eigenvalue weighted by Gasteiger charge is -2.21. The maximum absolute atomic E-state index is 12.8. The normalized spacial score (nSPS) is 16.3. The Morgan fingerprint density at radius 2 is 1.80 bits per heavy atom. The second-order valence-electron chi connectivity index (χ2n) is 7.93. The molecule has 0 unspecified atom stereocenters. The molecule has 0 aromatic heterocycles. The molecule has 5 nitrogen and oxygen atoms in total. The van der Waals surface area contributed by atoms with Gasteiger partial charge in [-0.1, -0.05) is 44.4 Å². The Hall–Kier alpha value is -2.69. The zero-order valence-electron chi connectivity index (χ0n) is 18.8. The van der Waals surface area contributed by atoms with Crippen LogP contribution in [0, 0.1) is 5.92 Å². The summed E-state index contributed by atoms with van der Waals surface area (Å²) in [7, 11) is 1.85. The number of carbonyl (C=O) groups excluding carboxylic acids is 2. The van der Waals surface area contributed by atoms with E-state index in [1.54, 1.807) is 0 Å². The summed E-state index contributed by atoms with van der Waals surface area (Å²) in [5, 5.41) is 5.85. The van der Waals surface area contributed by atoms with Gasteiger partial charge in [-0.2, -0.15) is 0 Å². The molecule has 1 aliphatic rings. The van der Waals surface area contributed by atoms with Crippen LogP contribution >= 0.6 is 0 Å². The van der Waals surface area contributed by atoms with Crippen molar-refractivity contribution in [3.05, 3.63) is 53.3 Å². The third-order valence-corrected chi connectivity index (χ3v) is 5.65. The van der Waals surface area contributed by atoms with E-state index in [-0.39, 0.29) is 18.2 Å². The first-order chi connectivity index (χ1) is 14.4. The molecule has 2 amide bonds. The molecule has 162 valence electrons. The summed E-state index contributed by atoms with van der Waals surface area (Å²) < 4.78 is 0. The van der Waals surface area contributed by atoms with Crippen molar-refractivity contribution in [2.75, 3.05) is 12.4 Å². The molecular formula is C25H35N3O2. The molecule has 2 N–H and O–H groups in total. The van der Waals surface area contributed by atoms with Crippen molar-refractivity contribution >= 4 is 23.2 Å². The summed E-state index contributed by atoms with van der Waals surface area (Å²) in [5.41, 5.74) is 4.53. The summed E-state index contributed by atoms with van der Waals surface area (Å²) in [6.45, 7) is 5.58. The summed E-state index contributed by atoms with van der Waals surface area (Å²) in [4.78, 5) is 28.7. The Labute approximate surface area is 180 Å². The number of hydrogen-bond acceptors (Lipinski definition) is 3. The highest BCUT2D eigenvalue weighted by molar-refractivity contribution is 5.97. The van der Waals surface area contributed by atoms with Crippen LogP contribution < -0.4 is 10.6 Å². The van der Waals surface area contributed by atoms with Gasteiger partial charge in [0, 0.05) is 37.0 Å². The van der Waals surface area contributed by atoms with Crippen molar-refractivity contribution < 1.29 is 9.59 Å². The Morgan fingerprint density at radius 1 is 1.10 bits per heavy atom. The minimum atomic E-state index is -0.151. The Bertz CT molecular complexity index is 831. The van der Waals surface area contributed by atoms with E-state index < -0.39 is 0 Å². The van der Waals surface area contributed by atoms with Gasteiger partial charge in [-0.25, -0.2) is 0 Å². The minimum absolute atomic E-state index is 0.104. The van der Waals surface area contributed by atoms with Crippen LogP contribution in [0.25, 0.3) is 0 Å². The predicted octanol–water partition coefficient (Wildman–Crippen LogP) is 5.20. The number of aliphatic imine (C=N–C) groups is 1. The fraction of sp³-hybridized carbons (Fsp3) is 0.480. The van der Waals surface area contributed by atoms with Gasteiger partial charge in [-0.05, 0) is 55.5 Å². The first kappa shape index (κ1) is 23.6. The summed E-state index contributed by atoms with van der Waals surface area (Å²) >= 11 is 0. The lowest BCUT2D eigenvalue weighted by molar-refractivity contribution is -0.119. The number of hydrogen-bond donors (Lipinski definition) is 2. The number of para-hydroxylation sites is 1. The Morgan fingerprint density at radius 3 is 2.43 bits per heavy atom. The highest BCUT2D eigenvalue weighted by atomic mass is 16.2. The van der Waals surface area contributed by atoms with Gasteiger partial charge in [0.15, 0.2) is 0 Å². The molecule has 1 aromatic carbocycles. The fourth-order valence-corrected chi connectivity index (χ4v) is 3.79. The molecule has 1 aliphatic carbocycles. The number of nitrogens with one attached hydrogen (secondary N) is 2. The van der Waals surface area contributed by atoms with E-state index >= 15 is 0 Å². The maximum atomic E-state index is 12.8. The van der Waals surface area contributed by atoms with Crippen molar-refractivity contribution in [1.29, 1.82) is 0 Å². The number of carbonyl (C=O) groups is 2. The van der Waals surface area contributed by atoms with Gasteiger partial charge in [0.25, 0.3) is 0 Å². The Kier molecular flexibility index (Phi) is 9.52. The summed E-state index contributed by atoms with van der Waals surface area (Å²) in [6.07, 6.45) is 11.3.